The summed E-state index contributed by atoms with van der Waals surface area (Å²) in [5, 5.41) is 6.15. The lowest BCUT2D eigenvalue weighted by Gasteiger charge is -2.10. The van der Waals surface area contributed by atoms with Crippen LogP contribution in [0.15, 0.2) is 36.7 Å². The fourth-order valence-electron chi connectivity index (χ4n) is 2.72. The number of nitrogens with zero attached hydrogens (tertiary/aromatic N) is 3. The fraction of sp³-hybridized carbons (Fsp3) is 0.263. The van der Waals surface area contributed by atoms with Crippen molar-refractivity contribution in [2.24, 2.45) is 5.92 Å². The maximum Gasteiger partial charge on any atom is 0.433 e. The molecule has 0 bridgehead atoms. The minimum atomic E-state index is -4.54. The van der Waals surface area contributed by atoms with Crippen LogP contribution in [0.3, 0.4) is 0 Å². The van der Waals surface area contributed by atoms with Crippen molar-refractivity contribution in [2.45, 2.75) is 25.9 Å². The fourth-order valence-corrected chi connectivity index (χ4v) is 3.53. The number of alkyl halides is 3. The van der Waals surface area contributed by atoms with E-state index in [1.54, 1.807) is 18.3 Å². The maximum absolute atomic E-state index is 12.8. The first kappa shape index (κ1) is 19.3. The number of carbonyl (C=O) groups excluding carboxylic acids is 1. The topological polar surface area (TPSA) is 79.8 Å². The van der Waals surface area contributed by atoms with Crippen molar-refractivity contribution in [3.05, 3.63) is 47.9 Å². The van der Waals surface area contributed by atoms with Crippen LogP contribution in [-0.4, -0.2) is 20.9 Å². The van der Waals surface area contributed by atoms with Crippen LogP contribution in [0.25, 0.3) is 10.4 Å². The van der Waals surface area contributed by atoms with Crippen LogP contribution in [0.1, 0.15) is 24.1 Å². The van der Waals surface area contributed by atoms with Gasteiger partial charge in [-0.1, -0.05) is 17.4 Å². The molecule has 0 saturated heterocycles. The number of aryl methyl sites for hydroxylation is 1. The van der Waals surface area contributed by atoms with Gasteiger partial charge in [-0.2, -0.15) is 13.2 Å². The number of aromatic nitrogens is 3. The second-order valence-electron chi connectivity index (χ2n) is 6.77. The van der Waals surface area contributed by atoms with E-state index in [1.165, 1.54) is 11.3 Å². The first-order valence-corrected chi connectivity index (χ1v) is 9.65. The van der Waals surface area contributed by atoms with Crippen LogP contribution in [0.2, 0.25) is 0 Å². The van der Waals surface area contributed by atoms with Crippen LogP contribution in [-0.2, 0) is 11.0 Å². The number of halogens is 3. The summed E-state index contributed by atoms with van der Waals surface area (Å²) in [6.07, 6.45) is 0.00360. The number of hydrogen-bond donors (Lipinski definition) is 2. The molecule has 1 aliphatic carbocycles. The summed E-state index contributed by atoms with van der Waals surface area (Å²) in [5.41, 5.74) is 1.26. The molecule has 0 spiro atoms. The molecule has 1 amide bonds. The number of hydrogen-bond acceptors (Lipinski definition) is 6. The number of carbonyl (C=O) groups is 1. The quantitative estimate of drug-likeness (QED) is 0.607. The van der Waals surface area contributed by atoms with Crippen molar-refractivity contribution in [3.63, 3.8) is 0 Å². The van der Waals surface area contributed by atoms with Crippen LogP contribution < -0.4 is 10.6 Å². The summed E-state index contributed by atoms with van der Waals surface area (Å²) in [6, 6.07) is 6.31. The molecule has 0 unspecified atom stereocenters. The minimum absolute atomic E-state index is 0.0146. The molecule has 2 heterocycles. The van der Waals surface area contributed by atoms with Crippen molar-refractivity contribution in [3.8, 4) is 10.4 Å². The normalized spacial score (nSPS) is 13.9. The molecular weight excluding hydrogens is 403 g/mol. The van der Waals surface area contributed by atoms with E-state index in [2.05, 4.69) is 25.6 Å². The zero-order valence-electron chi connectivity index (χ0n) is 15.2. The van der Waals surface area contributed by atoms with E-state index in [-0.39, 0.29) is 17.8 Å². The predicted octanol–water partition coefficient (Wildman–Crippen LogP) is 5.02. The number of benzene rings is 1. The summed E-state index contributed by atoms with van der Waals surface area (Å²) < 4.78 is 38.5. The zero-order valence-corrected chi connectivity index (χ0v) is 16.1. The lowest BCUT2D eigenvalue weighted by atomic mass is 10.1. The molecule has 1 aliphatic rings. The van der Waals surface area contributed by atoms with Gasteiger partial charge < -0.3 is 10.6 Å². The molecule has 2 N–H and O–H groups in total. The molecule has 0 aliphatic heterocycles. The van der Waals surface area contributed by atoms with E-state index in [9.17, 15) is 18.0 Å². The van der Waals surface area contributed by atoms with Gasteiger partial charge in [-0.05, 0) is 49.1 Å². The van der Waals surface area contributed by atoms with Gasteiger partial charge in [0.25, 0.3) is 0 Å². The Morgan fingerprint density at radius 2 is 2.00 bits per heavy atom. The van der Waals surface area contributed by atoms with Gasteiger partial charge in [0, 0.05) is 24.0 Å². The lowest BCUT2D eigenvalue weighted by molar-refractivity contribution is -0.141. The van der Waals surface area contributed by atoms with Crippen LogP contribution in [0, 0.1) is 12.8 Å². The summed E-state index contributed by atoms with van der Waals surface area (Å²) in [5.74, 6) is -0.0677. The van der Waals surface area contributed by atoms with Gasteiger partial charge in [-0.15, -0.1) is 0 Å². The summed E-state index contributed by atoms with van der Waals surface area (Å²) in [4.78, 5) is 24.3. The van der Waals surface area contributed by atoms with Gasteiger partial charge >= 0.3 is 6.18 Å². The van der Waals surface area contributed by atoms with Crippen LogP contribution in [0.4, 0.5) is 29.9 Å². The number of nitrogens with one attached hydrogen (secondary N) is 2. The second kappa shape index (κ2) is 7.43. The highest BCUT2D eigenvalue weighted by atomic mass is 32.1. The van der Waals surface area contributed by atoms with Gasteiger partial charge in [0.05, 0.1) is 4.88 Å². The van der Waals surface area contributed by atoms with Gasteiger partial charge in [0.15, 0.2) is 5.13 Å². The molecule has 0 radical (unpaired) electrons. The van der Waals surface area contributed by atoms with Crippen molar-refractivity contribution in [1.82, 2.24) is 15.0 Å². The zero-order chi connectivity index (χ0) is 20.6. The molecule has 29 heavy (non-hydrogen) atoms. The SMILES string of the molecule is Cc1cc(Nc2nccc(C(F)(F)F)n2)cc(-c2cnc(NC(=O)C3CC3)s2)c1. The van der Waals surface area contributed by atoms with E-state index in [0.717, 1.165) is 41.1 Å². The highest BCUT2D eigenvalue weighted by Gasteiger charge is 2.33. The largest absolute Gasteiger partial charge is 0.433 e. The van der Waals surface area contributed by atoms with Crippen molar-refractivity contribution >= 4 is 34.0 Å². The smallest absolute Gasteiger partial charge is 0.324 e. The standard InChI is InChI=1S/C19H16F3N5OS/c1-10-6-12(14-9-24-18(29-14)27-16(28)11-2-3-11)8-13(7-10)25-17-23-5-4-15(26-17)19(20,21)22/h4-9,11H,2-3H2,1H3,(H,23,25,26)(H,24,27,28). The molecule has 3 aromatic rings. The average molecular weight is 419 g/mol. The Morgan fingerprint density at radius 1 is 1.21 bits per heavy atom. The van der Waals surface area contributed by atoms with Crippen molar-refractivity contribution in [1.29, 1.82) is 0 Å². The second-order valence-corrected chi connectivity index (χ2v) is 7.80. The number of thiazole rings is 1. The molecule has 4 rings (SSSR count). The van der Waals surface area contributed by atoms with Gasteiger partial charge in [-0.25, -0.2) is 15.0 Å². The molecule has 1 fully saturated rings. The summed E-state index contributed by atoms with van der Waals surface area (Å²) in [7, 11) is 0. The number of anilines is 3. The Kier molecular flexibility index (Phi) is 4.95. The third kappa shape index (κ3) is 4.70. The van der Waals surface area contributed by atoms with Crippen molar-refractivity contribution < 1.29 is 18.0 Å². The highest BCUT2D eigenvalue weighted by Crippen LogP contribution is 2.35. The molecular formula is C19H16F3N5OS. The first-order chi connectivity index (χ1) is 13.8. The van der Waals surface area contributed by atoms with Gasteiger partial charge in [0.1, 0.15) is 5.69 Å². The third-order valence-electron chi connectivity index (χ3n) is 4.25. The van der Waals surface area contributed by atoms with Gasteiger partial charge in [0.2, 0.25) is 11.9 Å². The summed E-state index contributed by atoms with van der Waals surface area (Å²) in [6.45, 7) is 1.87. The minimum Gasteiger partial charge on any atom is -0.324 e. The molecule has 1 saturated carbocycles. The Hall–Kier alpha value is -3.01. The monoisotopic (exact) mass is 419 g/mol. The molecule has 10 heteroatoms. The molecule has 1 aromatic carbocycles. The van der Waals surface area contributed by atoms with E-state index in [4.69, 9.17) is 0 Å². The Morgan fingerprint density at radius 3 is 2.72 bits per heavy atom. The van der Waals surface area contributed by atoms with Crippen LogP contribution >= 0.6 is 11.3 Å². The summed E-state index contributed by atoms with van der Waals surface area (Å²) >= 11 is 1.34. The maximum atomic E-state index is 12.8. The molecule has 2 aromatic heterocycles. The van der Waals surface area contributed by atoms with Crippen LogP contribution in [0.5, 0.6) is 0 Å². The average Bonchev–Trinajstić information content (AvgIpc) is 3.40. The number of rotatable bonds is 5. The Balaban J connectivity index is 1.55. The lowest BCUT2D eigenvalue weighted by Crippen LogP contribution is -2.12. The van der Waals surface area contributed by atoms with Gasteiger partial charge in [-0.3, -0.25) is 4.79 Å². The first-order valence-electron chi connectivity index (χ1n) is 8.84. The molecule has 0 atom stereocenters. The highest BCUT2D eigenvalue weighted by molar-refractivity contribution is 7.19. The number of amides is 1. The third-order valence-corrected chi connectivity index (χ3v) is 5.21. The molecule has 150 valence electrons. The van der Waals surface area contributed by atoms with E-state index in [0.29, 0.717) is 10.8 Å². The Labute approximate surface area is 168 Å². The Bertz CT molecular complexity index is 1060. The van der Waals surface area contributed by atoms with E-state index in [1.807, 2.05) is 13.0 Å². The van der Waals surface area contributed by atoms with E-state index >= 15 is 0 Å². The predicted molar refractivity (Wildman–Crippen MR) is 104 cm³/mol. The van der Waals surface area contributed by atoms with Crippen molar-refractivity contribution in [2.75, 3.05) is 10.6 Å². The van der Waals surface area contributed by atoms with E-state index < -0.39 is 11.9 Å². The molecule has 6 nitrogen and oxygen atoms in total.